The number of para-hydroxylation sites is 1. The van der Waals surface area contributed by atoms with E-state index in [-0.39, 0.29) is 5.91 Å². The van der Waals surface area contributed by atoms with Crippen LogP contribution in [0, 0.1) is 6.92 Å². The largest absolute Gasteiger partial charge is 0.368 e. The Balaban J connectivity index is 1.64. The molecule has 1 aliphatic rings. The molecule has 1 aromatic heterocycles. The molecule has 0 radical (unpaired) electrons. The maximum Gasteiger partial charge on any atom is 0.256 e. The fourth-order valence-corrected chi connectivity index (χ4v) is 3.16. The van der Waals surface area contributed by atoms with Crippen LogP contribution in [0.5, 0.6) is 0 Å². The zero-order valence-electron chi connectivity index (χ0n) is 11.5. The first-order valence-corrected chi connectivity index (χ1v) is 7.59. The molecule has 3 rings (SSSR count). The van der Waals surface area contributed by atoms with Crippen LogP contribution in [0.25, 0.3) is 0 Å². The summed E-state index contributed by atoms with van der Waals surface area (Å²) in [6.07, 6.45) is 0. The van der Waals surface area contributed by atoms with E-state index in [1.54, 1.807) is 0 Å². The summed E-state index contributed by atoms with van der Waals surface area (Å²) >= 11 is 1.35. The highest BCUT2D eigenvalue weighted by atomic mass is 32.1. The molecule has 5 heteroatoms. The van der Waals surface area contributed by atoms with Gasteiger partial charge in [-0.05, 0) is 30.6 Å². The van der Waals surface area contributed by atoms with Crippen molar-refractivity contribution in [2.45, 2.75) is 6.92 Å². The summed E-state index contributed by atoms with van der Waals surface area (Å²) < 4.78 is 4.18. The number of aryl methyl sites for hydroxylation is 1. The zero-order valence-corrected chi connectivity index (χ0v) is 12.3. The van der Waals surface area contributed by atoms with Crippen LogP contribution in [0.4, 0.5) is 5.69 Å². The number of benzene rings is 1. The smallest absolute Gasteiger partial charge is 0.256 e. The average Bonchev–Trinajstić information content (AvgIpc) is 2.94. The van der Waals surface area contributed by atoms with E-state index in [4.69, 9.17) is 0 Å². The lowest BCUT2D eigenvalue weighted by Gasteiger charge is -2.36. The predicted octanol–water partition coefficient (Wildman–Crippen LogP) is 2.41. The number of aromatic nitrogens is 1. The molecular weight excluding hydrogens is 270 g/mol. The molecule has 2 heterocycles. The van der Waals surface area contributed by atoms with Crippen LogP contribution in [0.3, 0.4) is 0 Å². The standard InChI is InChI=1S/C15H17N3OS/c1-12-14(11-20-16-12)15(19)18-9-7-17(8-10-18)13-5-3-2-4-6-13/h2-6,11H,7-10H2,1H3. The number of carbonyl (C=O) groups is 1. The number of hydrogen-bond donors (Lipinski definition) is 0. The Morgan fingerprint density at radius 2 is 1.85 bits per heavy atom. The molecule has 1 amide bonds. The predicted molar refractivity (Wildman–Crippen MR) is 81.4 cm³/mol. The van der Waals surface area contributed by atoms with E-state index in [0.717, 1.165) is 37.4 Å². The SMILES string of the molecule is Cc1nscc1C(=O)N1CCN(c2ccccc2)CC1. The molecular formula is C15H17N3OS. The molecule has 0 saturated carbocycles. The van der Waals surface area contributed by atoms with Crippen LogP contribution in [-0.4, -0.2) is 41.4 Å². The van der Waals surface area contributed by atoms with Crippen molar-refractivity contribution >= 4 is 23.1 Å². The van der Waals surface area contributed by atoms with Crippen LogP contribution in [0.2, 0.25) is 0 Å². The van der Waals surface area contributed by atoms with Gasteiger partial charge in [-0.2, -0.15) is 4.37 Å². The van der Waals surface area contributed by atoms with Crippen molar-refractivity contribution in [3.63, 3.8) is 0 Å². The average molecular weight is 287 g/mol. The van der Waals surface area contributed by atoms with Crippen LogP contribution >= 0.6 is 11.5 Å². The Morgan fingerprint density at radius 1 is 1.15 bits per heavy atom. The first-order chi connectivity index (χ1) is 9.75. The summed E-state index contributed by atoms with van der Waals surface area (Å²) in [5.74, 6) is 0.115. The van der Waals surface area contributed by atoms with Crippen molar-refractivity contribution in [2.75, 3.05) is 31.1 Å². The molecule has 20 heavy (non-hydrogen) atoms. The molecule has 4 nitrogen and oxygen atoms in total. The molecule has 0 unspecified atom stereocenters. The van der Waals surface area contributed by atoms with E-state index >= 15 is 0 Å². The number of carbonyl (C=O) groups excluding carboxylic acids is 1. The molecule has 1 fully saturated rings. The van der Waals surface area contributed by atoms with E-state index in [1.165, 1.54) is 17.2 Å². The lowest BCUT2D eigenvalue weighted by atomic mass is 10.2. The molecule has 1 aromatic carbocycles. The Kier molecular flexibility index (Phi) is 3.69. The number of hydrogen-bond acceptors (Lipinski definition) is 4. The minimum absolute atomic E-state index is 0.115. The topological polar surface area (TPSA) is 36.4 Å². The van der Waals surface area contributed by atoms with Crippen LogP contribution in [-0.2, 0) is 0 Å². The Morgan fingerprint density at radius 3 is 2.45 bits per heavy atom. The first kappa shape index (κ1) is 13.1. The number of amides is 1. The second kappa shape index (κ2) is 5.63. The quantitative estimate of drug-likeness (QED) is 0.851. The highest BCUT2D eigenvalue weighted by molar-refractivity contribution is 7.03. The van der Waals surface area contributed by atoms with Gasteiger partial charge in [0.2, 0.25) is 0 Å². The number of nitrogens with zero attached hydrogens (tertiary/aromatic N) is 3. The van der Waals surface area contributed by atoms with Crippen molar-refractivity contribution in [3.8, 4) is 0 Å². The van der Waals surface area contributed by atoms with Gasteiger partial charge in [-0.3, -0.25) is 4.79 Å². The maximum absolute atomic E-state index is 12.4. The van der Waals surface area contributed by atoms with Crippen LogP contribution in [0.1, 0.15) is 16.1 Å². The van der Waals surface area contributed by atoms with Gasteiger partial charge in [0.1, 0.15) is 0 Å². The molecule has 104 valence electrons. The summed E-state index contributed by atoms with van der Waals surface area (Å²) in [6.45, 7) is 5.19. The molecule has 0 N–H and O–H groups in total. The van der Waals surface area contributed by atoms with Gasteiger partial charge in [-0.15, -0.1) is 0 Å². The number of rotatable bonds is 2. The lowest BCUT2D eigenvalue weighted by Crippen LogP contribution is -2.48. The van der Waals surface area contributed by atoms with E-state index in [2.05, 4.69) is 21.4 Å². The number of anilines is 1. The Labute approximate surface area is 122 Å². The molecule has 2 aromatic rings. The van der Waals surface area contributed by atoms with Crippen molar-refractivity contribution < 1.29 is 4.79 Å². The van der Waals surface area contributed by atoms with Gasteiger partial charge in [0.15, 0.2) is 0 Å². The van der Waals surface area contributed by atoms with Gasteiger partial charge < -0.3 is 9.80 Å². The minimum Gasteiger partial charge on any atom is -0.368 e. The molecule has 1 saturated heterocycles. The van der Waals surface area contributed by atoms with Crippen LogP contribution < -0.4 is 4.90 Å². The van der Waals surface area contributed by atoms with Crippen molar-refractivity contribution in [2.24, 2.45) is 0 Å². The lowest BCUT2D eigenvalue weighted by molar-refractivity contribution is 0.0746. The minimum atomic E-state index is 0.115. The second-order valence-corrected chi connectivity index (χ2v) is 5.56. The molecule has 0 atom stereocenters. The highest BCUT2D eigenvalue weighted by Gasteiger charge is 2.23. The fraction of sp³-hybridized carbons (Fsp3) is 0.333. The van der Waals surface area contributed by atoms with E-state index in [1.807, 2.05) is 35.4 Å². The summed E-state index contributed by atoms with van der Waals surface area (Å²) in [5.41, 5.74) is 2.82. The van der Waals surface area contributed by atoms with Crippen molar-refractivity contribution in [3.05, 3.63) is 47.0 Å². The zero-order chi connectivity index (χ0) is 13.9. The summed E-state index contributed by atoms with van der Waals surface area (Å²) in [6, 6.07) is 10.4. The molecule has 0 spiro atoms. The highest BCUT2D eigenvalue weighted by Crippen LogP contribution is 2.18. The third kappa shape index (κ3) is 2.54. The van der Waals surface area contributed by atoms with Crippen molar-refractivity contribution in [1.29, 1.82) is 0 Å². The van der Waals surface area contributed by atoms with Crippen LogP contribution in [0.15, 0.2) is 35.7 Å². The summed E-state index contributed by atoms with van der Waals surface area (Å²) in [4.78, 5) is 16.6. The van der Waals surface area contributed by atoms with Gasteiger partial charge in [-0.1, -0.05) is 18.2 Å². The maximum atomic E-state index is 12.4. The van der Waals surface area contributed by atoms with Crippen molar-refractivity contribution in [1.82, 2.24) is 9.27 Å². The van der Waals surface area contributed by atoms with Gasteiger partial charge in [-0.25, -0.2) is 0 Å². The van der Waals surface area contributed by atoms with E-state index in [9.17, 15) is 4.79 Å². The molecule has 0 bridgehead atoms. The van der Waals surface area contributed by atoms with E-state index in [0.29, 0.717) is 0 Å². The fourth-order valence-electron chi connectivity index (χ4n) is 2.47. The third-order valence-electron chi connectivity index (χ3n) is 3.67. The summed E-state index contributed by atoms with van der Waals surface area (Å²) in [5, 5.41) is 1.85. The normalized spacial score (nSPS) is 15.4. The Hall–Kier alpha value is -1.88. The monoisotopic (exact) mass is 287 g/mol. The van der Waals surface area contributed by atoms with Gasteiger partial charge in [0, 0.05) is 37.2 Å². The molecule has 1 aliphatic heterocycles. The summed E-state index contributed by atoms with van der Waals surface area (Å²) in [7, 11) is 0. The number of piperazine rings is 1. The Bertz CT molecular complexity index is 588. The third-order valence-corrected chi connectivity index (χ3v) is 4.39. The van der Waals surface area contributed by atoms with Gasteiger partial charge in [0.25, 0.3) is 5.91 Å². The second-order valence-electron chi connectivity index (χ2n) is 4.93. The molecule has 0 aliphatic carbocycles. The first-order valence-electron chi connectivity index (χ1n) is 6.76. The van der Waals surface area contributed by atoms with Gasteiger partial charge >= 0.3 is 0 Å². The van der Waals surface area contributed by atoms with Gasteiger partial charge in [0.05, 0.1) is 11.3 Å². The van der Waals surface area contributed by atoms with E-state index < -0.39 is 0 Å².